The molecule has 0 aliphatic carbocycles. The fraction of sp³-hybridized carbons (Fsp3) is 0.105. The molecule has 0 saturated heterocycles. The van der Waals surface area contributed by atoms with Gasteiger partial charge in [0, 0.05) is 17.0 Å². The minimum absolute atomic E-state index is 0.177. The van der Waals surface area contributed by atoms with Crippen LogP contribution < -0.4 is 10.6 Å². The van der Waals surface area contributed by atoms with Crippen LogP contribution in [0.25, 0.3) is 0 Å². The van der Waals surface area contributed by atoms with Gasteiger partial charge in [-0.25, -0.2) is 0 Å². The highest BCUT2D eigenvalue weighted by Crippen LogP contribution is 2.28. The molecule has 0 radical (unpaired) electrons. The van der Waals surface area contributed by atoms with Crippen LogP contribution in [0, 0.1) is 0 Å². The summed E-state index contributed by atoms with van der Waals surface area (Å²) in [5.74, 6) is -1.63. The number of carbonyl (C=O) groups is 2. The highest BCUT2D eigenvalue weighted by atomic mass is 35.5. The fourth-order valence-electron chi connectivity index (χ4n) is 2.11. The smallest absolute Gasteiger partial charge is 0.309 e. The van der Waals surface area contributed by atoms with Gasteiger partial charge in [-0.15, -0.1) is 0 Å². The van der Waals surface area contributed by atoms with Crippen molar-refractivity contribution in [2.45, 2.75) is 6.92 Å². The molecule has 0 spiro atoms. The number of halogens is 4. The molecule has 0 unspecified atom stereocenters. The van der Waals surface area contributed by atoms with Crippen LogP contribution in [-0.4, -0.2) is 25.2 Å². The van der Waals surface area contributed by atoms with E-state index in [1.807, 2.05) is 0 Å². The summed E-state index contributed by atoms with van der Waals surface area (Å²) in [5.41, 5.74) is 0.433. The topological polar surface area (TPSA) is 89.0 Å². The number of hydrogen-bond acceptors (Lipinski definition) is 6. The number of amides is 1. The molecule has 0 fully saturated rings. The number of benzene rings is 2. The Balaban J connectivity index is 2.49. The summed E-state index contributed by atoms with van der Waals surface area (Å²) in [6.45, 7) is 1.17. The average molecular weight is 491 g/mol. The molecular formula is C19H15Cl4N3O4. The van der Waals surface area contributed by atoms with E-state index >= 15 is 0 Å². The second kappa shape index (κ2) is 11.1. The largest absolute Gasteiger partial charge is 0.409 e. The number of ether oxygens (including phenoxy) is 1. The Kier molecular flexibility index (Phi) is 8.80. The Morgan fingerprint density at radius 2 is 1.47 bits per heavy atom. The summed E-state index contributed by atoms with van der Waals surface area (Å²) < 4.78 is 5.18. The maximum atomic E-state index is 12.9. The zero-order valence-corrected chi connectivity index (χ0v) is 18.7. The molecular weight excluding hydrogens is 476 g/mol. The summed E-state index contributed by atoms with van der Waals surface area (Å²) in [7, 11) is 1.29. The van der Waals surface area contributed by atoms with E-state index in [1.54, 1.807) is 18.2 Å². The predicted octanol–water partition coefficient (Wildman–Crippen LogP) is 5.76. The normalized spacial score (nSPS) is 11.7. The van der Waals surface area contributed by atoms with E-state index in [9.17, 15) is 9.59 Å². The third kappa shape index (κ3) is 6.81. The van der Waals surface area contributed by atoms with Gasteiger partial charge in [-0.05, 0) is 36.4 Å². The molecule has 11 heteroatoms. The number of rotatable bonds is 7. The number of nitrogens with one attached hydrogen (secondary N) is 2. The van der Waals surface area contributed by atoms with Crippen molar-refractivity contribution in [3.8, 4) is 0 Å². The molecule has 2 rings (SSSR count). The zero-order chi connectivity index (χ0) is 22.3. The van der Waals surface area contributed by atoms with Gasteiger partial charge in [-0.1, -0.05) is 51.6 Å². The molecule has 158 valence electrons. The van der Waals surface area contributed by atoms with Gasteiger partial charge in [0.05, 0.1) is 27.6 Å². The van der Waals surface area contributed by atoms with Crippen LogP contribution in [0.3, 0.4) is 0 Å². The number of anilines is 2. The maximum absolute atomic E-state index is 12.9. The van der Waals surface area contributed by atoms with Crippen LogP contribution in [-0.2, 0) is 19.2 Å². The fourth-order valence-corrected chi connectivity index (χ4v) is 3.02. The lowest BCUT2D eigenvalue weighted by atomic mass is 10.2. The molecule has 2 aromatic rings. The molecule has 7 nitrogen and oxygen atoms in total. The predicted molar refractivity (Wildman–Crippen MR) is 119 cm³/mol. The van der Waals surface area contributed by atoms with Gasteiger partial charge in [-0.2, -0.15) is 0 Å². The molecule has 2 aromatic carbocycles. The third-order valence-corrected chi connectivity index (χ3v) is 4.48. The molecule has 30 heavy (non-hydrogen) atoms. The number of hydrogen-bond donors (Lipinski definition) is 2. The van der Waals surface area contributed by atoms with Gasteiger partial charge >= 0.3 is 5.97 Å². The van der Waals surface area contributed by atoms with Crippen molar-refractivity contribution in [1.82, 2.24) is 0 Å². The zero-order valence-electron chi connectivity index (χ0n) is 15.6. The van der Waals surface area contributed by atoms with Gasteiger partial charge in [0.1, 0.15) is 12.7 Å². The standard InChI is InChI=1S/C19H15Cl4N3O4/c1-10(27)30-19(26-17-6-4-12(21)8-15(17)23)13(9-24-29-2)18(28)25-16-5-3-11(20)7-14(16)22/h3-9,26H,1-2H3,(H,25,28)/b19-13+,24-9-. The lowest BCUT2D eigenvalue weighted by Crippen LogP contribution is -2.22. The van der Waals surface area contributed by atoms with E-state index in [0.717, 1.165) is 6.21 Å². The summed E-state index contributed by atoms with van der Waals surface area (Å²) in [4.78, 5) is 29.2. The first-order valence-electron chi connectivity index (χ1n) is 8.19. The maximum Gasteiger partial charge on any atom is 0.309 e. The summed E-state index contributed by atoms with van der Waals surface area (Å²) in [5, 5.41) is 10.2. The Labute approximate surface area is 192 Å². The van der Waals surface area contributed by atoms with Crippen molar-refractivity contribution in [2.24, 2.45) is 5.16 Å². The first kappa shape index (κ1) is 23.8. The van der Waals surface area contributed by atoms with Crippen molar-refractivity contribution >= 4 is 75.9 Å². The van der Waals surface area contributed by atoms with E-state index in [4.69, 9.17) is 51.1 Å². The molecule has 0 aromatic heterocycles. The van der Waals surface area contributed by atoms with Crippen LogP contribution in [0.15, 0.2) is 53.0 Å². The number of carbonyl (C=O) groups excluding carboxylic acids is 2. The van der Waals surface area contributed by atoms with Crippen LogP contribution in [0.4, 0.5) is 11.4 Å². The Hall–Kier alpha value is -2.45. The first-order chi connectivity index (χ1) is 14.2. The van der Waals surface area contributed by atoms with E-state index in [0.29, 0.717) is 15.7 Å². The second-order valence-corrected chi connectivity index (χ2v) is 7.27. The van der Waals surface area contributed by atoms with Gasteiger partial charge in [0.2, 0.25) is 5.88 Å². The highest BCUT2D eigenvalue weighted by molar-refractivity contribution is 6.37. The van der Waals surface area contributed by atoms with E-state index < -0.39 is 11.9 Å². The Morgan fingerprint density at radius 3 is 1.93 bits per heavy atom. The van der Waals surface area contributed by atoms with Crippen molar-refractivity contribution in [2.75, 3.05) is 17.7 Å². The van der Waals surface area contributed by atoms with Crippen LogP contribution in [0.1, 0.15) is 6.92 Å². The van der Waals surface area contributed by atoms with Gasteiger partial charge in [0.25, 0.3) is 5.91 Å². The molecule has 0 saturated carbocycles. The molecule has 0 bridgehead atoms. The lowest BCUT2D eigenvalue weighted by Gasteiger charge is -2.15. The number of nitrogens with zero attached hydrogens (tertiary/aromatic N) is 1. The summed E-state index contributed by atoms with van der Waals surface area (Å²) in [6.07, 6.45) is 1.06. The SMILES string of the molecule is CO/N=C\C(C(=O)Nc1ccc(Cl)cc1Cl)=C(\Nc1ccc(Cl)cc1Cl)OC(C)=O. The molecule has 2 N–H and O–H groups in total. The minimum Gasteiger partial charge on any atom is -0.409 e. The molecule has 0 aliphatic rings. The first-order valence-corrected chi connectivity index (χ1v) is 9.70. The van der Waals surface area contributed by atoms with Crippen LogP contribution in [0.2, 0.25) is 20.1 Å². The second-order valence-electron chi connectivity index (χ2n) is 5.58. The number of oxime groups is 1. The molecule has 0 atom stereocenters. The Morgan fingerprint density at radius 1 is 0.933 bits per heavy atom. The van der Waals surface area contributed by atoms with Gasteiger partial charge < -0.3 is 20.2 Å². The monoisotopic (exact) mass is 489 g/mol. The summed E-state index contributed by atoms with van der Waals surface area (Å²) in [6, 6.07) is 9.12. The van der Waals surface area contributed by atoms with Crippen molar-refractivity contribution in [1.29, 1.82) is 0 Å². The van der Waals surface area contributed by atoms with Crippen LogP contribution in [0.5, 0.6) is 0 Å². The quantitative estimate of drug-likeness (QED) is 0.169. The molecule has 0 heterocycles. The number of esters is 1. The van der Waals surface area contributed by atoms with Crippen molar-refractivity contribution in [3.63, 3.8) is 0 Å². The highest BCUT2D eigenvalue weighted by Gasteiger charge is 2.20. The molecule has 0 aliphatic heterocycles. The van der Waals surface area contributed by atoms with Crippen molar-refractivity contribution in [3.05, 3.63) is 67.9 Å². The van der Waals surface area contributed by atoms with Crippen molar-refractivity contribution < 1.29 is 19.2 Å². The lowest BCUT2D eigenvalue weighted by molar-refractivity contribution is -0.136. The third-order valence-electron chi connectivity index (χ3n) is 3.38. The van der Waals surface area contributed by atoms with E-state index in [2.05, 4.69) is 20.6 Å². The Bertz CT molecular complexity index is 1020. The molecule has 1 amide bonds. The van der Waals surface area contributed by atoms with Gasteiger partial charge in [-0.3, -0.25) is 9.59 Å². The van der Waals surface area contributed by atoms with E-state index in [-0.39, 0.29) is 27.2 Å². The van der Waals surface area contributed by atoms with E-state index in [1.165, 1.54) is 32.2 Å². The average Bonchev–Trinajstić information content (AvgIpc) is 2.66. The summed E-state index contributed by atoms with van der Waals surface area (Å²) >= 11 is 24.0. The van der Waals surface area contributed by atoms with Crippen LogP contribution >= 0.6 is 46.4 Å². The minimum atomic E-state index is -0.700. The van der Waals surface area contributed by atoms with Gasteiger partial charge in [0.15, 0.2) is 0 Å².